The van der Waals surface area contributed by atoms with Gasteiger partial charge < -0.3 is 14.2 Å². The summed E-state index contributed by atoms with van der Waals surface area (Å²) in [5, 5.41) is 4.34. The van der Waals surface area contributed by atoms with E-state index in [1.807, 2.05) is 18.2 Å². The van der Waals surface area contributed by atoms with Gasteiger partial charge in [-0.05, 0) is 18.4 Å². The van der Waals surface area contributed by atoms with E-state index < -0.39 is 0 Å². The molecule has 158 valence electrons. The molecule has 0 aliphatic carbocycles. The van der Waals surface area contributed by atoms with Gasteiger partial charge in [0, 0.05) is 29.8 Å². The van der Waals surface area contributed by atoms with Gasteiger partial charge in [0.05, 0.1) is 36.9 Å². The number of rotatable bonds is 11. The molecule has 0 amide bonds. The summed E-state index contributed by atoms with van der Waals surface area (Å²) >= 11 is 0. The second-order valence-electron chi connectivity index (χ2n) is 6.42. The van der Waals surface area contributed by atoms with Gasteiger partial charge in [-0.2, -0.15) is 15.6 Å². The molecule has 0 aliphatic rings. The van der Waals surface area contributed by atoms with E-state index in [4.69, 9.17) is 14.2 Å². The molecule has 0 spiro atoms. The van der Waals surface area contributed by atoms with Gasteiger partial charge in [-0.15, -0.1) is 0 Å². The Morgan fingerprint density at radius 2 is 2.13 bits per heavy atom. The van der Waals surface area contributed by atoms with Gasteiger partial charge in [0.2, 0.25) is 5.88 Å². The maximum Gasteiger partial charge on any atom is 0.213 e. The van der Waals surface area contributed by atoms with Gasteiger partial charge in [-0.25, -0.2) is 9.67 Å². The average Bonchev–Trinajstić information content (AvgIpc) is 3.23. The number of aldehydes is 1. The maximum absolute atomic E-state index is 11.4. The third kappa shape index (κ3) is 5.52. The lowest BCUT2D eigenvalue weighted by atomic mass is 10.1. The Balaban J connectivity index is 1.75. The van der Waals surface area contributed by atoms with Crippen molar-refractivity contribution in [3.05, 3.63) is 54.0 Å². The molecule has 0 bridgehead atoms. The van der Waals surface area contributed by atoms with Crippen LogP contribution in [0.3, 0.4) is 0 Å². The molecule has 3 rings (SSSR count). The van der Waals surface area contributed by atoms with Crippen LogP contribution in [0.25, 0.3) is 11.4 Å². The highest BCUT2D eigenvalue weighted by molar-refractivity contribution is 8.13. The number of carbonyl (C=O) groups is 1. The van der Waals surface area contributed by atoms with Crippen molar-refractivity contribution >= 4 is 22.6 Å². The zero-order valence-corrected chi connectivity index (χ0v) is 17.8. The highest BCUT2D eigenvalue weighted by Gasteiger charge is 2.14. The number of aromatic nitrogens is 4. The molecule has 0 aliphatic heterocycles. The summed E-state index contributed by atoms with van der Waals surface area (Å²) in [6.07, 6.45) is 7.69. The molecule has 1 unspecified atom stereocenters. The molecular weight excluding hydrogens is 404 g/mol. The van der Waals surface area contributed by atoms with Crippen molar-refractivity contribution in [2.24, 2.45) is 0 Å². The number of carbonyl (C=O) groups excluding carboxylic acids is 1. The molecule has 30 heavy (non-hydrogen) atoms. The van der Waals surface area contributed by atoms with Gasteiger partial charge in [-0.1, -0.05) is 11.9 Å². The molecule has 0 aromatic carbocycles. The lowest BCUT2D eigenvalue weighted by Crippen LogP contribution is -2.10. The third-order valence-electron chi connectivity index (χ3n) is 4.23. The Morgan fingerprint density at radius 3 is 2.90 bits per heavy atom. The van der Waals surface area contributed by atoms with Gasteiger partial charge >= 0.3 is 0 Å². The fraction of sp³-hybridized carbons (Fsp3) is 0.286. The molecule has 3 aromatic rings. The Labute approximate surface area is 177 Å². The third-order valence-corrected chi connectivity index (χ3v) is 5.10. The summed E-state index contributed by atoms with van der Waals surface area (Å²) in [6, 6.07) is 7.17. The average molecular weight is 429 g/mol. The first-order valence-corrected chi connectivity index (χ1v) is 11.2. The highest BCUT2D eigenvalue weighted by atomic mass is 32.2. The maximum atomic E-state index is 11.4. The van der Waals surface area contributed by atoms with E-state index in [1.165, 1.54) is 19.4 Å². The summed E-state index contributed by atoms with van der Waals surface area (Å²) in [7, 11) is 1.59. The van der Waals surface area contributed by atoms with Crippen LogP contribution in [0.1, 0.15) is 15.9 Å². The molecule has 3 heterocycles. The Morgan fingerprint density at radius 1 is 1.27 bits per heavy atom. The predicted octanol–water partition coefficient (Wildman–Crippen LogP) is 3.05. The van der Waals surface area contributed by atoms with Crippen LogP contribution in [0.5, 0.6) is 11.6 Å². The van der Waals surface area contributed by atoms with Gasteiger partial charge in [0.1, 0.15) is 19.1 Å². The minimum absolute atomic E-state index is 0.0938. The first-order valence-electron chi connectivity index (χ1n) is 9.20. The van der Waals surface area contributed by atoms with E-state index in [0.717, 1.165) is 22.7 Å². The number of pyridine rings is 2. The number of methoxy groups -OCH3 is 1. The fourth-order valence-electron chi connectivity index (χ4n) is 2.69. The number of nitrogens with zero attached hydrogens (tertiary/aromatic N) is 4. The standard InChI is InChI=1S/C21H24N4O4S/c1-27-20-11-17(13-26)19(12-23-20)29-14-16-5-4-7-22-21(16)18-6-8-24-25(18)15-28-9-10-30(2)3/h4-8,11-13H,2,9-10,14-15H2,1,3H3. The van der Waals surface area contributed by atoms with Crippen LogP contribution in [-0.2, 0) is 18.1 Å². The number of hydrogen-bond acceptors (Lipinski definition) is 7. The molecule has 8 nitrogen and oxygen atoms in total. The smallest absolute Gasteiger partial charge is 0.213 e. The summed E-state index contributed by atoms with van der Waals surface area (Å²) < 4.78 is 18.4. The summed E-state index contributed by atoms with van der Waals surface area (Å²) in [4.78, 5) is 20.0. The van der Waals surface area contributed by atoms with Crippen LogP contribution in [-0.4, -0.2) is 57.6 Å². The molecular formula is C21H24N4O4S. The molecule has 0 radical (unpaired) electrons. The van der Waals surface area contributed by atoms with Crippen molar-refractivity contribution in [1.82, 2.24) is 19.7 Å². The second kappa shape index (κ2) is 10.7. The largest absolute Gasteiger partial charge is 0.486 e. The van der Waals surface area contributed by atoms with Crippen molar-refractivity contribution in [2.75, 3.05) is 25.7 Å². The van der Waals surface area contributed by atoms with Gasteiger partial charge in [0.25, 0.3) is 0 Å². The van der Waals surface area contributed by atoms with Crippen LogP contribution in [0.2, 0.25) is 0 Å². The Bertz CT molecular complexity index is 1020. The molecule has 1 atom stereocenters. The van der Waals surface area contributed by atoms with Crippen molar-refractivity contribution < 1.29 is 19.0 Å². The van der Waals surface area contributed by atoms with E-state index in [1.54, 1.807) is 17.1 Å². The quantitative estimate of drug-likeness (QED) is 0.263. The molecule has 0 saturated carbocycles. The van der Waals surface area contributed by atoms with Crippen molar-refractivity contribution in [1.29, 1.82) is 0 Å². The van der Waals surface area contributed by atoms with E-state index in [2.05, 4.69) is 27.2 Å². The van der Waals surface area contributed by atoms with E-state index in [-0.39, 0.29) is 17.1 Å². The fourth-order valence-corrected chi connectivity index (χ4v) is 3.10. The minimum atomic E-state index is 0.0938. The minimum Gasteiger partial charge on any atom is -0.486 e. The van der Waals surface area contributed by atoms with Gasteiger partial charge in [-0.3, -0.25) is 9.78 Å². The molecule has 0 fully saturated rings. The Hall–Kier alpha value is -3.04. The van der Waals surface area contributed by atoms with Gasteiger partial charge in [0.15, 0.2) is 6.29 Å². The lowest BCUT2D eigenvalue weighted by molar-refractivity contribution is 0.0823. The van der Waals surface area contributed by atoms with Crippen LogP contribution in [0, 0.1) is 0 Å². The van der Waals surface area contributed by atoms with E-state index in [9.17, 15) is 4.79 Å². The van der Waals surface area contributed by atoms with Crippen molar-refractivity contribution in [3.8, 4) is 23.0 Å². The number of hydrogen-bond donors (Lipinski definition) is 0. The summed E-state index contributed by atoms with van der Waals surface area (Å²) in [6.45, 7) is 1.16. The SMILES string of the molecule is C=S(C)CCOCn1nccc1-c1ncccc1COc1cnc(OC)cc1C=O. The van der Waals surface area contributed by atoms with Crippen LogP contribution >= 0.6 is 10.5 Å². The lowest BCUT2D eigenvalue weighted by Gasteiger charge is -2.13. The summed E-state index contributed by atoms with van der Waals surface area (Å²) in [5.74, 6) is 5.62. The van der Waals surface area contributed by atoms with Crippen molar-refractivity contribution in [2.45, 2.75) is 13.3 Å². The van der Waals surface area contributed by atoms with Crippen LogP contribution < -0.4 is 9.47 Å². The predicted molar refractivity (Wildman–Crippen MR) is 117 cm³/mol. The molecule has 0 saturated heterocycles. The van der Waals surface area contributed by atoms with E-state index >= 15 is 0 Å². The second-order valence-corrected chi connectivity index (χ2v) is 8.39. The highest BCUT2D eigenvalue weighted by Crippen LogP contribution is 2.25. The molecule has 3 aromatic heterocycles. The van der Waals surface area contributed by atoms with E-state index in [0.29, 0.717) is 36.8 Å². The first-order chi connectivity index (χ1) is 14.6. The summed E-state index contributed by atoms with van der Waals surface area (Å²) in [5.41, 5.74) is 2.77. The zero-order chi connectivity index (χ0) is 21.3. The zero-order valence-electron chi connectivity index (χ0n) is 17.0. The Kier molecular flexibility index (Phi) is 7.69. The molecule has 0 N–H and O–H groups in total. The van der Waals surface area contributed by atoms with Crippen molar-refractivity contribution in [3.63, 3.8) is 0 Å². The molecule has 9 heteroatoms. The first kappa shape index (κ1) is 21.7. The monoisotopic (exact) mass is 428 g/mol. The van der Waals surface area contributed by atoms with Crippen LogP contribution in [0.4, 0.5) is 0 Å². The van der Waals surface area contributed by atoms with Crippen LogP contribution in [0.15, 0.2) is 42.9 Å². The number of ether oxygens (including phenoxy) is 3. The normalized spacial score (nSPS) is 11.8. The topological polar surface area (TPSA) is 88.4 Å².